The molecule has 0 amide bonds. The minimum Gasteiger partial charge on any atom is -0.462 e. The van der Waals surface area contributed by atoms with Crippen molar-refractivity contribution in [1.29, 1.82) is 0 Å². The lowest BCUT2D eigenvalue weighted by atomic mass is 9.97. The number of benzene rings is 1. The lowest BCUT2D eigenvalue weighted by molar-refractivity contribution is 0.0525. The summed E-state index contributed by atoms with van der Waals surface area (Å²) in [5.74, 6) is 0.0997. The van der Waals surface area contributed by atoms with Gasteiger partial charge in [-0.25, -0.2) is 9.78 Å². The van der Waals surface area contributed by atoms with Crippen LogP contribution in [0.3, 0.4) is 0 Å². The molecule has 0 radical (unpaired) electrons. The zero-order valence-electron chi connectivity index (χ0n) is 17.7. The molecule has 1 fully saturated rings. The van der Waals surface area contributed by atoms with Gasteiger partial charge in [0.15, 0.2) is 5.78 Å². The number of piperidine rings is 1. The molecule has 0 spiro atoms. The molecule has 1 saturated heterocycles. The van der Waals surface area contributed by atoms with Gasteiger partial charge < -0.3 is 9.72 Å². The summed E-state index contributed by atoms with van der Waals surface area (Å²) in [7, 11) is 0. The van der Waals surface area contributed by atoms with Crippen molar-refractivity contribution < 1.29 is 14.3 Å². The number of thiazole rings is 1. The number of esters is 1. The number of H-pyrrole nitrogens is 1. The van der Waals surface area contributed by atoms with E-state index in [-0.39, 0.29) is 11.8 Å². The third kappa shape index (κ3) is 4.04. The minimum atomic E-state index is -0.376. The average Bonchev–Trinajstić information content (AvgIpc) is 3.29. The fraction of sp³-hybridized carbons (Fsp3) is 0.435. The lowest BCUT2D eigenvalue weighted by Crippen LogP contribution is -2.37. The van der Waals surface area contributed by atoms with Crippen LogP contribution in [-0.2, 0) is 4.74 Å². The van der Waals surface area contributed by atoms with Gasteiger partial charge in [0.25, 0.3) is 0 Å². The highest BCUT2D eigenvalue weighted by Gasteiger charge is 2.27. The quantitative estimate of drug-likeness (QED) is 0.465. The fourth-order valence-corrected chi connectivity index (χ4v) is 5.36. The zero-order valence-corrected chi connectivity index (χ0v) is 18.5. The molecule has 3 heterocycles. The van der Waals surface area contributed by atoms with E-state index >= 15 is 0 Å². The van der Waals surface area contributed by atoms with Crippen molar-refractivity contribution in [3.63, 3.8) is 0 Å². The highest BCUT2D eigenvalue weighted by atomic mass is 32.1. The molecule has 7 heteroatoms. The van der Waals surface area contributed by atoms with Crippen LogP contribution < -0.4 is 0 Å². The van der Waals surface area contributed by atoms with E-state index in [1.165, 1.54) is 9.71 Å². The van der Waals surface area contributed by atoms with E-state index in [4.69, 9.17) is 9.72 Å². The molecule has 6 nitrogen and oxygen atoms in total. The van der Waals surface area contributed by atoms with Crippen molar-refractivity contribution in [2.24, 2.45) is 0 Å². The standard InChI is InChI=1S/C23H27N3O3S/c1-4-29-23(28)20-14(2)21(24-15(20)3)18(27)13-26-11-9-16(10-12-26)22-25-17-7-5-6-8-19(17)30-22/h5-8,16,24H,4,9-13H2,1-3H3. The summed E-state index contributed by atoms with van der Waals surface area (Å²) in [5, 5.41) is 1.21. The molecule has 0 atom stereocenters. The Hall–Kier alpha value is -2.51. The number of aromatic nitrogens is 2. The molecular weight excluding hydrogens is 398 g/mol. The van der Waals surface area contributed by atoms with Gasteiger partial charge in [0.05, 0.1) is 39.6 Å². The average molecular weight is 426 g/mol. The topological polar surface area (TPSA) is 75.3 Å². The number of aryl methyl sites for hydroxylation is 1. The summed E-state index contributed by atoms with van der Waals surface area (Å²) in [6, 6.07) is 8.26. The van der Waals surface area contributed by atoms with Crippen molar-refractivity contribution in [2.45, 2.75) is 39.5 Å². The second kappa shape index (κ2) is 8.70. The number of nitrogens with zero attached hydrogens (tertiary/aromatic N) is 2. The number of rotatable bonds is 6. The third-order valence-corrected chi connectivity index (χ3v) is 7.01. The first kappa shape index (κ1) is 20.8. The number of hydrogen-bond donors (Lipinski definition) is 1. The maximum Gasteiger partial charge on any atom is 0.340 e. The van der Waals surface area contributed by atoms with Gasteiger partial charge in [-0.1, -0.05) is 12.1 Å². The second-order valence-electron chi connectivity index (χ2n) is 7.84. The van der Waals surface area contributed by atoms with Crippen LogP contribution in [0.2, 0.25) is 0 Å². The SMILES string of the molecule is CCOC(=O)c1c(C)[nH]c(C(=O)CN2CCC(c3nc4ccccc4s3)CC2)c1C. The summed E-state index contributed by atoms with van der Waals surface area (Å²) >= 11 is 1.78. The van der Waals surface area contributed by atoms with Crippen molar-refractivity contribution in [1.82, 2.24) is 14.9 Å². The summed E-state index contributed by atoms with van der Waals surface area (Å²) in [4.78, 5) is 35.2. The van der Waals surface area contributed by atoms with Crippen LogP contribution in [0, 0.1) is 13.8 Å². The van der Waals surface area contributed by atoms with E-state index in [0.717, 1.165) is 31.4 Å². The van der Waals surface area contributed by atoms with E-state index in [0.29, 0.717) is 41.6 Å². The minimum absolute atomic E-state index is 0.0181. The first-order chi connectivity index (χ1) is 14.5. The van der Waals surface area contributed by atoms with Crippen LogP contribution >= 0.6 is 11.3 Å². The van der Waals surface area contributed by atoms with Gasteiger partial charge in [0, 0.05) is 11.6 Å². The molecule has 0 unspecified atom stereocenters. The van der Waals surface area contributed by atoms with E-state index < -0.39 is 0 Å². The molecule has 0 saturated carbocycles. The second-order valence-corrected chi connectivity index (χ2v) is 8.90. The number of carbonyl (C=O) groups excluding carboxylic acids is 2. The number of Topliss-reactive ketones (excluding diaryl/α,β-unsaturated/α-hetero) is 1. The molecule has 4 rings (SSSR count). The first-order valence-electron chi connectivity index (χ1n) is 10.4. The number of likely N-dealkylation sites (tertiary alicyclic amines) is 1. The van der Waals surface area contributed by atoms with Gasteiger partial charge in [-0.05, 0) is 64.4 Å². The lowest BCUT2D eigenvalue weighted by Gasteiger charge is -2.30. The highest BCUT2D eigenvalue weighted by molar-refractivity contribution is 7.18. The van der Waals surface area contributed by atoms with Crippen LogP contribution in [0.5, 0.6) is 0 Å². The van der Waals surface area contributed by atoms with Crippen molar-refractivity contribution in [2.75, 3.05) is 26.2 Å². The summed E-state index contributed by atoms with van der Waals surface area (Å²) < 4.78 is 6.36. The molecule has 1 aliphatic rings. The molecule has 0 bridgehead atoms. The molecule has 3 aromatic rings. The number of fused-ring (bicyclic) bond motifs is 1. The van der Waals surface area contributed by atoms with E-state index in [1.807, 2.05) is 13.0 Å². The maximum atomic E-state index is 12.9. The Morgan fingerprint density at radius 3 is 2.67 bits per heavy atom. The van der Waals surface area contributed by atoms with E-state index in [2.05, 4.69) is 28.1 Å². The molecule has 158 valence electrons. The molecular formula is C23H27N3O3S. The molecule has 0 aliphatic carbocycles. The van der Waals surface area contributed by atoms with Gasteiger partial charge in [0.1, 0.15) is 0 Å². The zero-order chi connectivity index (χ0) is 21.3. The number of hydrogen-bond acceptors (Lipinski definition) is 6. The predicted octanol–water partition coefficient (Wildman–Crippen LogP) is 4.48. The largest absolute Gasteiger partial charge is 0.462 e. The smallest absolute Gasteiger partial charge is 0.340 e. The third-order valence-electron chi connectivity index (χ3n) is 5.81. The molecule has 1 N–H and O–H groups in total. The van der Waals surface area contributed by atoms with Crippen molar-refractivity contribution >= 4 is 33.3 Å². The Labute approximate surface area is 180 Å². The van der Waals surface area contributed by atoms with Crippen LogP contribution in [0.1, 0.15) is 62.8 Å². The Kier molecular flexibility index (Phi) is 6.01. The Balaban J connectivity index is 1.39. The van der Waals surface area contributed by atoms with Crippen LogP contribution in [0.15, 0.2) is 24.3 Å². The van der Waals surface area contributed by atoms with Crippen LogP contribution in [0.4, 0.5) is 0 Å². The molecule has 30 heavy (non-hydrogen) atoms. The monoisotopic (exact) mass is 425 g/mol. The molecule has 1 aliphatic heterocycles. The van der Waals surface area contributed by atoms with E-state index in [9.17, 15) is 9.59 Å². The number of nitrogens with one attached hydrogen (secondary N) is 1. The number of ether oxygens (including phenoxy) is 1. The number of para-hydroxylation sites is 1. The van der Waals surface area contributed by atoms with Gasteiger partial charge in [-0.2, -0.15) is 0 Å². The molecule has 2 aromatic heterocycles. The van der Waals surface area contributed by atoms with Crippen molar-refractivity contribution in [3.05, 3.63) is 51.8 Å². The summed E-state index contributed by atoms with van der Waals surface area (Å²) in [6.07, 6.45) is 2.01. The Morgan fingerprint density at radius 2 is 1.97 bits per heavy atom. The summed E-state index contributed by atoms with van der Waals surface area (Å²) in [5.41, 5.74) is 3.44. The first-order valence-corrected chi connectivity index (χ1v) is 11.3. The van der Waals surface area contributed by atoms with E-state index in [1.54, 1.807) is 25.2 Å². The molecule has 1 aromatic carbocycles. The van der Waals surface area contributed by atoms with Gasteiger partial charge in [-0.3, -0.25) is 9.69 Å². The van der Waals surface area contributed by atoms with Crippen LogP contribution in [0.25, 0.3) is 10.2 Å². The van der Waals surface area contributed by atoms with Crippen LogP contribution in [-0.4, -0.2) is 52.9 Å². The predicted molar refractivity (Wildman–Crippen MR) is 119 cm³/mol. The number of aromatic amines is 1. The van der Waals surface area contributed by atoms with Gasteiger partial charge in [0.2, 0.25) is 0 Å². The normalized spacial score (nSPS) is 15.6. The maximum absolute atomic E-state index is 12.9. The van der Waals surface area contributed by atoms with Crippen molar-refractivity contribution in [3.8, 4) is 0 Å². The number of carbonyl (C=O) groups is 2. The highest BCUT2D eigenvalue weighted by Crippen LogP contribution is 2.33. The summed E-state index contributed by atoms with van der Waals surface area (Å²) in [6.45, 7) is 7.80. The number of ketones is 1. The Morgan fingerprint density at radius 1 is 1.23 bits per heavy atom. The van der Waals surface area contributed by atoms with Gasteiger partial charge in [-0.15, -0.1) is 11.3 Å². The Bertz CT molecular complexity index is 1040. The van der Waals surface area contributed by atoms with Gasteiger partial charge >= 0.3 is 5.97 Å². The fourth-order valence-electron chi connectivity index (χ4n) is 4.22.